The van der Waals surface area contributed by atoms with E-state index < -0.39 is 0 Å². The molecule has 2 N–H and O–H groups in total. The first-order valence-corrected chi connectivity index (χ1v) is 6.34. The maximum atomic E-state index is 11.4. The number of amides is 1. The molecule has 17 heavy (non-hydrogen) atoms. The van der Waals surface area contributed by atoms with Gasteiger partial charge in [0.05, 0.1) is 4.91 Å². The normalized spacial score (nSPS) is 29.8. The van der Waals surface area contributed by atoms with Gasteiger partial charge in [-0.25, -0.2) is 0 Å². The van der Waals surface area contributed by atoms with Crippen molar-refractivity contribution in [1.29, 1.82) is 5.41 Å². The van der Waals surface area contributed by atoms with Gasteiger partial charge in [-0.3, -0.25) is 10.2 Å². The van der Waals surface area contributed by atoms with Gasteiger partial charge in [0, 0.05) is 12.0 Å². The van der Waals surface area contributed by atoms with Crippen molar-refractivity contribution < 1.29 is 9.21 Å². The Hall–Kier alpha value is -1.49. The van der Waals surface area contributed by atoms with Crippen LogP contribution in [0.25, 0.3) is 6.08 Å². The van der Waals surface area contributed by atoms with Crippen molar-refractivity contribution in [3.8, 4) is 0 Å². The van der Waals surface area contributed by atoms with Crippen LogP contribution < -0.4 is 5.32 Å². The maximum Gasteiger partial charge on any atom is 0.264 e. The first-order valence-electron chi connectivity index (χ1n) is 5.52. The van der Waals surface area contributed by atoms with Crippen molar-refractivity contribution in [3.05, 3.63) is 28.6 Å². The van der Waals surface area contributed by atoms with Crippen LogP contribution in [0.5, 0.6) is 0 Å². The zero-order valence-corrected chi connectivity index (χ0v) is 10.1. The molecule has 1 aliphatic heterocycles. The third kappa shape index (κ3) is 2.02. The van der Waals surface area contributed by atoms with Crippen LogP contribution >= 0.6 is 11.8 Å². The summed E-state index contributed by atoms with van der Waals surface area (Å²) in [5, 5.41) is 9.95. The summed E-state index contributed by atoms with van der Waals surface area (Å²) in [5.74, 6) is 2.72. The molecule has 5 heteroatoms. The molecule has 1 amide bonds. The zero-order valence-electron chi connectivity index (χ0n) is 9.32. The molecule has 0 aromatic carbocycles. The van der Waals surface area contributed by atoms with Crippen molar-refractivity contribution >= 4 is 28.9 Å². The summed E-state index contributed by atoms with van der Waals surface area (Å²) in [4.78, 5) is 11.9. The van der Waals surface area contributed by atoms with Crippen LogP contribution in [0.3, 0.4) is 0 Å². The minimum atomic E-state index is -0.224. The number of carbonyl (C=O) groups is 1. The number of furan rings is 1. The fourth-order valence-corrected chi connectivity index (χ4v) is 2.62. The van der Waals surface area contributed by atoms with Gasteiger partial charge in [0.2, 0.25) is 0 Å². The number of hydrogen-bond acceptors (Lipinski definition) is 4. The maximum absolute atomic E-state index is 11.4. The fraction of sp³-hybridized carbons (Fsp3) is 0.333. The van der Waals surface area contributed by atoms with E-state index in [0.717, 1.165) is 17.5 Å². The molecular formula is C12H12N2O2S. The van der Waals surface area contributed by atoms with E-state index in [4.69, 9.17) is 9.83 Å². The number of thioether (sulfide) groups is 1. The van der Waals surface area contributed by atoms with Gasteiger partial charge in [-0.2, -0.15) is 0 Å². The van der Waals surface area contributed by atoms with Crippen LogP contribution in [0.1, 0.15) is 30.8 Å². The van der Waals surface area contributed by atoms with Gasteiger partial charge in [0.15, 0.2) is 5.17 Å². The molecule has 4 nitrogen and oxygen atoms in total. The molecule has 2 atom stereocenters. The van der Waals surface area contributed by atoms with Crippen molar-refractivity contribution in [3.63, 3.8) is 0 Å². The van der Waals surface area contributed by atoms with E-state index in [1.807, 2.05) is 12.1 Å². The second kappa shape index (κ2) is 3.77. The van der Waals surface area contributed by atoms with Gasteiger partial charge >= 0.3 is 0 Å². The summed E-state index contributed by atoms with van der Waals surface area (Å²) in [7, 11) is 0. The Bertz CT molecular complexity index is 532. The van der Waals surface area contributed by atoms with Crippen molar-refractivity contribution in [2.45, 2.75) is 19.3 Å². The third-order valence-electron chi connectivity index (χ3n) is 3.06. The van der Waals surface area contributed by atoms with Gasteiger partial charge in [-0.15, -0.1) is 0 Å². The monoisotopic (exact) mass is 248 g/mol. The molecule has 1 saturated heterocycles. The highest BCUT2D eigenvalue weighted by molar-refractivity contribution is 8.18. The summed E-state index contributed by atoms with van der Waals surface area (Å²) < 4.78 is 5.68. The largest absolute Gasteiger partial charge is 0.461 e. The summed E-state index contributed by atoms with van der Waals surface area (Å²) >= 11 is 1.13. The van der Waals surface area contributed by atoms with E-state index in [1.165, 1.54) is 6.42 Å². The van der Waals surface area contributed by atoms with Crippen LogP contribution in [0.15, 0.2) is 21.5 Å². The lowest BCUT2D eigenvalue weighted by molar-refractivity contribution is -0.115. The lowest BCUT2D eigenvalue weighted by Gasteiger charge is -1.91. The van der Waals surface area contributed by atoms with E-state index in [1.54, 1.807) is 6.08 Å². The third-order valence-corrected chi connectivity index (χ3v) is 3.89. The van der Waals surface area contributed by atoms with Crippen LogP contribution in [0, 0.1) is 11.3 Å². The average molecular weight is 248 g/mol. The van der Waals surface area contributed by atoms with Gasteiger partial charge in [-0.05, 0) is 36.2 Å². The first kappa shape index (κ1) is 10.7. The number of nitrogens with one attached hydrogen (secondary N) is 2. The fourth-order valence-electron chi connectivity index (χ4n) is 1.93. The van der Waals surface area contributed by atoms with Gasteiger partial charge in [0.1, 0.15) is 11.5 Å². The molecule has 2 fully saturated rings. The molecule has 2 aliphatic rings. The summed E-state index contributed by atoms with van der Waals surface area (Å²) in [6.45, 7) is 2.20. The number of carbonyl (C=O) groups excluding carboxylic acids is 1. The van der Waals surface area contributed by atoms with Crippen molar-refractivity contribution in [2.24, 2.45) is 5.92 Å². The Morgan fingerprint density at radius 3 is 2.94 bits per heavy atom. The van der Waals surface area contributed by atoms with Crippen LogP contribution in [-0.2, 0) is 4.79 Å². The highest BCUT2D eigenvalue weighted by Crippen LogP contribution is 2.47. The van der Waals surface area contributed by atoms with E-state index in [-0.39, 0.29) is 11.1 Å². The highest BCUT2D eigenvalue weighted by Gasteiger charge is 2.36. The summed E-state index contributed by atoms with van der Waals surface area (Å²) in [5.41, 5.74) is 0. The first-order chi connectivity index (χ1) is 8.13. The predicted molar refractivity (Wildman–Crippen MR) is 66.7 cm³/mol. The van der Waals surface area contributed by atoms with Crippen molar-refractivity contribution in [1.82, 2.24) is 5.32 Å². The second-order valence-electron chi connectivity index (χ2n) is 4.45. The quantitative estimate of drug-likeness (QED) is 0.790. The van der Waals surface area contributed by atoms with E-state index in [2.05, 4.69) is 12.2 Å². The molecule has 1 saturated carbocycles. The van der Waals surface area contributed by atoms with Gasteiger partial charge in [-0.1, -0.05) is 6.92 Å². The van der Waals surface area contributed by atoms with Crippen LogP contribution in [0.2, 0.25) is 0 Å². The number of rotatable bonds is 2. The van der Waals surface area contributed by atoms with E-state index >= 15 is 0 Å². The highest BCUT2D eigenvalue weighted by atomic mass is 32.2. The minimum Gasteiger partial charge on any atom is -0.461 e. The van der Waals surface area contributed by atoms with Crippen molar-refractivity contribution in [2.75, 3.05) is 0 Å². The van der Waals surface area contributed by atoms with Crippen LogP contribution in [-0.4, -0.2) is 11.1 Å². The Morgan fingerprint density at radius 1 is 1.59 bits per heavy atom. The van der Waals surface area contributed by atoms with E-state index in [9.17, 15) is 4.79 Å². The van der Waals surface area contributed by atoms with E-state index in [0.29, 0.717) is 22.5 Å². The Morgan fingerprint density at radius 2 is 2.35 bits per heavy atom. The SMILES string of the molecule is CC1CC1c1ccc(/C=C2\SC(=N)NC2=O)o1. The lowest BCUT2D eigenvalue weighted by atomic mass is 10.3. The molecule has 1 aliphatic carbocycles. The number of amidine groups is 1. The summed E-state index contributed by atoms with van der Waals surface area (Å²) in [6, 6.07) is 3.85. The predicted octanol–water partition coefficient (Wildman–Crippen LogP) is 2.54. The second-order valence-corrected chi connectivity index (χ2v) is 5.51. The van der Waals surface area contributed by atoms with Gasteiger partial charge in [0.25, 0.3) is 5.91 Å². The average Bonchev–Trinajstić information content (AvgIpc) is 2.71. The molecule has 3 rings (SSSR count). The minimum absolute atomic E-state index is 0.170. The van der Waals surface area contributed by atoms with Gasteiger partial charge < -0.3 is 9.73 Å². The molecule has 2 unspecified atom stereocenters. The molecule has 88 valence electrons. The zero-order chi connectivity index (χ0) is 12.0. The molecule has 1 aromatic rings. The summed E-state index contributed by atoms with van der Waals surface area (Å²) in [6.07, 6.45) is 2.88. The molecule has 0 spiro atoms. The molecule has 0 radical (unpaired) electrons. The lowest BCUT2D eigenvalue weighted by Crippen LogP contribution is -2.18. The smallest absolute Gasteiger partial charge is 0.264 e. The topological polar surface area (TPSA) is 66.1 Å². The Kier molecular flexibility index (Phi) is 2.36. The molecule has 1 aromatic heterocycles. The Balaban J connectivity index is 1.81. The molecule has 2 heterocycles. The standard InChI is InChI=1S/C12H12N2O2S/c1-6-4-8(6)9-3-2-7(16-9)5-10-11(15)14-12(13)17-10/h2-3,5-6,8H,4H2,1H3,(H2,13,14,15)/b10-5-. The van der Waals surface area contributed by atoms with Crippen LogP contribution in [0.4, 0.5) is 0 Å². The number of hydrogen-bond donors (Lipinski definition) is 2. The molecule has 0 bridgehead atoms. The Labute approximate surface area is 103 Å². The molecular weight excluding hydrogens is 236 g/mol.